The van der Waals surface area contributed by atoms with Gasteiger partial charge in [0.05, 0.1) is 0 Å². The highest BCUT2D eigenvalue weighted by molar-refractivity contribution is 6.24. The van der Waals surface area contributed by atoms with Crippen LogP contribution in [0.2, 0.25) is 0 Å². The molecule has 0 unspecified atom stereocenters. The summed E-state index contributed by atoms with van der Waals surface area (Å²) in [6.07, 6.45) is 0. The molecule has 0 radical (unpaired) electrons. The van der Waals surface area contributed by atoms with Gasteiger partial charge in [0, 0.05) is 88.3 Å². The van der Waals surface area contributed by atoms with Crippen LogP contribution in [-0.2, 0) is 26.4 Å². The smallest absolute Gasteiger partial charge is 0.128 e. The van der Waals surface area contributed by atoms with Crippen molar-refractivity contribution in [3.8, 4) is 67.5 Å². The van der Waals surface area contributed by atoms with Crippen LogP contribution in [0.3, 0.4) is 0 Å². The third kappa shape index (κ3) is 6.27. The van der Waals surface area contributed by atoms with Crippen molar-refractivity contribution >= 4 is 86.2 Å². The zero-order chi connectivity index (χ0) is 53.1. The SMILES string of the molecule is Cc1c(C)c2c(c3c1COc1ccc4ccc5ccccc5c4c1-3)-c1c(ccc3ccc4ccccc4c13)OC2.Cc1c(C)c2c(c3c1COc1ccc4ccc5ccccc5c4c1-3)-c1c(ccc3ccc4ccccc4c13)OC2. The molecule has 0 aliphatic carbocycles. The lowest BCUT2D eigenvalue weighted by atomic mass is 9.77. The van der Waals surface area contributed by atoms with Gasteiger partial charge in [-0.15, -0.1) is 0 Å². The fourth-order valence-corrected chi connectivity index (χ4v) is 14.5. The van der Waals surface area contributed by atoms with E-state index in [2.05, 4.69) is 222 Å². The van der Waals surface area contributed by atoms with Crippen LogP contribution in [-0.4, -0.2) is 0 Å². The first-order valence-corrected chi connectivity index (χ1v) is 28.0. The molecule has 0 fully saturated rings. The van der Waals surface area contributed by atoms with Crippen LogP contribution < -0.4 is 18.9 Å². The third-order valence-corrected chi connectivity index (χ3v) is 18.6. The minimum absolute atomic E-state index is 0.570. The van der Waals surface area contributed by atoms with Crippen molar-refractivity contribution in [1.29, 1.82) is 0 Å². The highest BCUT2D eigenvalue weighted by Gasteiger charge is 2.36. The standard InChI is InChI=1S/2C38H26O2/c2*1-21-22(2)30-20-40-32-18-16-26-14-12-24-8-4-6-10-28(24)34(26)38(32)36(30)35-29(21)19-39-31-17-15-25-13-11-23-7-3-5-9-27(23)33(25)37(31)35/h2*3-18H,19-20H2,1-2H3. The summed E-state index contributed by atoms with van der Waals surface area (Å²) in [5, 5.41) is 20.0. The quantitative estimate of drug-likeness (QED) is 0.142. The molecule has 4 nitrogen and oxygen atoms in total. The lowest BCUT2D eigenvalue weighted by Gasteiger charge is -2.33. The van der Waals surface area contributed by atoms with Gasteiger partial charge < -0.3 is 18.9 Å². The van der Waals surface area contributed by atoms with E-state index in [1.54, 1.807) is 0 Å². The number of hydrogen-bond acceptors (Lipinski definition) is 4. The molecule has 0 amide bonds. The summed E-state index contributed by atoms with van der Waals surface area (Å²) in [6, 6.07) is 70.3. The molecule has 0 N–H and O–H groups in total. The van der Waals surface area contributed by atoms with Gasteiger partial charge in [-0.3, -0.25) is 0 Å². The van der Waals surface area contributed by atoms with E-state index in [1.807, 2.05) is 0 Å². The molecule has 0 atom stereocenters. The largest absolute Gasteiger partial charge is 0.488 e. The highest BCUT2D eigenvalue weighted by Crippen LogP contribution is 2.58. The van der Waals surface area contributed by atoms with Gasteiger partial charge in [0.2, 0.25) is 0 Å². The minimum atomic E-state index is 0.570. The molecular formula is C76H52O4. The molecule has 380 valence electrons. The van der Waals surface area contributed by atoms with Crippen LogP contribution in [0.5, 0.6) is 23.0 Å². The summed E-state index contributed by atoms with van der Waals surface area (Å²) in [5.74, 6) is 3.83. The van der Waals surface area contributed by atoms with Gasteiger partial charge in [0.25, 0.3) is 0 Å². The van der Waals surface area contributed by atoms with E-state index in [0.29, 0.717) is 26.4 Å². The molecule has 18 rings (SSSR count). The maximum absolute atomic E-state index is 6.55. The van der Waals surface area contributed by atoms with E-state index in [-0.39, 0.29) is 0 Å². The number of ether oxygens (including phenoxy) is 4. The Bertz CT molecular complexity index is 4480. The molecule has 4 heterocycles. The average Bonchev–Trinajstić information content (AvgIpc) is 3.68. The predicted molar refractivity (Wildman–Crippen MR) is 331 cm³/mol. The molecule has 80 heavy (non-hydrogen) atoms. The molecule has 4 aliphatic rings. The van der Waals surface area contributed by atoms with E-state index in [9.17, 15) is 0 Å². The number of fused-ring (bicyclic) bond motifs is 30. The van der Waals surface area contributed by atoms with E-state index in [1.165, 1.54) is 175 Å². The summed E-state index contributed by atoms with van der Waals surface area (Å²) in [6.45, 7) is 11.3. The second kappa shape index (κ2) is 16.9. The molecule has 4 heteroatoms. The van der Waals surface area contributed by atoms with Gasteiger partial charge in [-0.2, -0.15) is 0 Å². The fourth-order valence-electron chi connectivity index (χ4n) is 14.5. The van der Waals surface area contributed by atoms with Crippen molar-refractivity contribution in [2.24, 2.45) is 0 Å². The Morgan fingerprint density at radius 2 is 0.412 bits per heavy atom. The zero-order valence-electron chi connectivity index (χ0n) is 44.9. The zero-order valence-corrected chi connectivity index (χ0v) is 44.9. The molecular weight excluding hydrogens is 977 g/mol. The summed E-state index contributed by atoms with van der Waals surface area (Å²) < 4.78 is 26.2. The normalized spacial score (nSPS) is 13.4. The Kier molecular flexibility index (Phi) is 9.61. The molecule has 4 aliphatic heterocycles. The van der Waals surface area contributed by atoms with Gasteiger partial charge >= 0.3 is 0 Å². The van der Waals surface area contributed by atoms with E-state index >= 15 is 0 Å². The predicted octanol–water partition coefficient (Wildman–Crippen LogP) is 20.1. The summed E-state index contributed by atoms with van der Waals surface area (Å²) in [7, 11) is 0. The summed E-state index contributed by atoms with van der Waals surface area (Å²) >= 11 is 0. The topological polar surface area (TPSA) is 36.9 Å². The fraction of sp³-hybridized carbons (Fsp3) is 0.105. The van der Waals surface area contributed by atoms with E-state index in [4.69, 9.17) is 18.9 Å². The van der Waals surface area contributed by atoms with Crippen LogP contribution in [0.4, 0.5) is 0 Å². The molecule has 0 spiro atoms. The first-order valence-electron chi connectivity index (χ1n) is 28.0. The number of hydrogen-bond donors (Lipinski definition) is 0. The van der Waals surface area contributed by atoms with Crippen molar-refractivity contribution in [3.05, 3.63) is 239 Å². The van der Waals surface area contributed by atoms with Gasteiger partial charge in [-0.1, -0.05) is 170 Å². The van der Waals surface area contributed by atoms with Crippen molar-refractivity contribution in [2.75, 3.05) is 0 Å². The van der Waals surface area contributed by atoms with Crippen LogP contribution in [0.1, 0.15) is 44.5 Å². The molecule has 14 aromatic carbocycles. The maximum atomic E-state index is 6.55. The van der Waals surface area contributed by atoms with Crippen LogP contribution in [0.15, 0.2) is 194 Å². The van der Waals surface area contributed by atoms with Gasteiger partial charge in [-0.05, 0) is 139 Å². The second-order valence-electron chi connectivity index (χ2n) is 22.4. The van der Waals surface area contributed by atoms with Crippen molar-refractivity contribution in [2.45, 2.75) is 54.1 Å². The van der Waals surface area contributed by atoms with E-state index in [0.717, 1.165) is 23.0 Å². The molecule has 0 bridgehead atoms. The van der Waals surface area contributed by atoms with E-state index < -0.39 is 0 Å². The van der Waals surface area contributed by atoms with Crippen molar-refractivity contribution < 1.29 is 18.9 Å². The second-order valence-corrected chi connectivity index (χ2v) is 22.4. The van der Waals surface area contributed by atoms with Gasteiger partial charge in [-0.25, -0.2) is 0 Å². The third-order valence-electron chi connectivity index (χ3n) is 18.6. The number of benzene rings is 14. The van der Waals surface area contributed by atoms with Crippen molar-refractivity contribution in [3.63, 3.8) is 0 Å². The Hall–Kier alpha value is -9.64. The Balaban J connectivity index is 0.000000128. The average molecular weight is 1030 g/mol. The Morgan fingerprint density at radius 1 is 0.212 bits per heavy atom. The Labute approximate surface area is 463 Å². The number of rotatable bonds is 0. The molecule has 0 aromatic heterocycles. The first-order chi connectivity index (χ1) is 39.4. The lowest BCUT2D eigenvalue weighted by molar-refractivity contribution is 0.296. The molecule has 14 aromatic rings. The van der Waals surface area contributed by atoms with Crippen LogP contribution in [0.25, 0.3) is 131 Å². The van der Waals surface area contributed by atoms with Crippen molar-refractivity contribution in [1.82, 2.24) is 0 Å². The molecule has 0 saturated heterocycles. The maximum Gasteiger partial charge on any atom is 0.128 e. The lowest BCUT2D eigenvalue weighted by Crippen LogP contribution is -2.16. The Morgan fingerprint density at radius 3 is 0.650 bits per heavy atom. The van der Waals surface area contributed by atoms with Crippen LogP contribution >= 0.6 is 0 Å². The summed E-state index contributed by atoms with van der Waals surface area (Å²) in [4.78, 5) is 0. The van der Waals surface area contributed by atoms with Gasteiger partial charge in [0.1, 0.15) is 49.4 Å². The van der Waals surface area contributed by atoms with Crippen LogP contribution in [0, 0.1) is 27.7 Å². The minimum Gasteiger partial charge on any atom is -0.488 e. The summed E-state index contributed by atoms with van der Waals surface area (Å²) in [5.41, 5.74) is 20.4. The molecule has 0 saturated carbocycles. The monoisotopic (exact) mass is 1030 g/mol. The van der Waals surface area contributed by atoms with Gasteiger partial charge in [0.15, 0.2) is 0 Å². The first kappa shape index (κ1) is 45.4. The highest BCUT2D eigenvalue weighted by atomic mass is 16.5.